The summed E-state index contributed by atoms with van der Waals surface area (Å²) >= 11 is 0. The Morgan fingerprint density at radius 2 is 2.05 bits per heavy atom. The average Bonchev–Trinajstić information content (AvgIpc) is 2.44. The Kier molecular flexibility index (Phi) is 5.67. The average molecular weight is 296 g/mol. The highest BCUT2D eigenvalue weighted by Gasteiger charge is 2.24. The second kappa shape index (κ2) is 7.03. The number of benzene rings is 1. The molecule has 20 heavy (non-hydrogen) atoms. The fraction of sp³-hybridized carbons (Fsp3) is 0.385. The molecule has 1 aromatic rings. The lowest BCUT2D eigenvalue weighted by molar-refractivity contribution is -0.143. The molecule has 108 valence electrons. The number of carbonyl (C=O) groups excluding carboxylic acids is 1. The lowest BCUT2D eigenvalue weighted by Gasteiger charge is -2.17. The van der Waals surface area contributed by atoms with Crippen LogP contribution in [0.15, 0.2) is 29.2 Å². The molecule has 0 atom stereocenters. The van der Waals surface area contributed by atoms with Gasteiger partial charge in [-0.2, -0.15) is 5.26 Å². The van der Waals surface area contributed by atoms with Gasteiger partial charge in [0.2, 0.25) is 10.0 Å². The smallest absolute Gasteiger partial charge is 0.307 e. The monoisotopic (exact) mass is 296 g/mol. The number of hydrogen-bond acceptors (Lipinski definition) is 5. The molecule has 0 aliphatic carbocycles. The van der Waals surface area contributed by atoms with E-state index in [0.717, 1.165) is 4.31 Å². The van der Waals surface area contributed by atoms with E-state index in [9.17, 15) is 13.2 Å². The van der Waals surface area contributed by atoms with Gasteiger partial charge in [0.05, 0.1) is 23.5 Å². The van der Waals surface area contributed by atoms with Gasteiger partial charge in [-0.15, -0.1) is 0 Å². The first-order valence-corrected chi connectivity index (χ1v) is 7.48. The summed E-state index contributed by atoms with van der Waals surface area (Å²) in [5, 5.41) is 8.94. The number of nitrogens with zero attached hydrogens (tertiary/aromatic N) is 2. The van der Waals surface area contributed by atoms with Crippen molar-refractivity contribution in [1.82, 2.24) is 4.31 Å². The molecule has 0 heterocycles. The van der Waals surface area contributed by atoms with Gasteiger partial charge in [0.1, 0.15) is 6.07 Å². The third-order valence-corrected chi connectivity index (χ3v) is 4.55. The molecule has 0 bridgehead atoms. The Morgan fingerprint density at radius 1 is 1.40 bits per heavy atom. The minimum atomic E-state index is -3.79. The van der Waals surface area contributed by atoms with Crippen LogP contribution >= 0.6 is 0 Å². The summed E-state index contributed by atoms with van der Waals surface area (Å²) in [5.41, 5.74) is 0.0792. The van der Waals surface area contributed by atoms with Gasteiger partial charge in [0.25, 0.3) is 0 Å². The van der Waals surface area contributed by atoms with E-state index in [1.165, 1.54) is 19.2 Å². The van der Waals surface area contributed by atoms with Gasteiger partial charge in [-0.25, -0.2) is 12.7 Å². The molecule has 0 amide bonds. The minimum Gasteiger partial charge on any atom is -0.466 e. The summed E-state index contributed by atoms with van der Waals surface area (Å²) in [6.45, 7) is 1.94. The van der Waals surface area contributed by atoms with Gasteiger partial charge >= 0.3 is 5.97 Å². The summed E-state index contributed by atoms with van der Waals surface area (Å²) in [7, 11) is -2.43. The highest BCUT2D eigenvalue weighted by atomic mass is 32.2. The molecule has 7 heteroatoms. The fourth-order valence-electron chi connectivity index (χ4n) is 1.55. The van der Waals surface area contributed by atoms with Crippen LogP contribution in [-0.4, -0.2) is 38.9 Å². The van der Waals surface area contributed by atoms with E-state index in [2.05, 4.69) is 0 Å². The normalized spacial score (nSPS) is 11.1. The molecule has 6 nitrogen and oxygen atoms in total. The molecule has 0 aromatic heterocycles. The number of carbonyl (C=O) groups is 1. The molecule has 0 saturated carbocycles. The second-order valence-corrected chi connectivity index (χ2v) is 6.00. The zero-order valence-electron chi connectivity index (χ0n) is 11.4. The predicted molar refractivity (Wildman–Crippen MR) is 72.2 cm³/mol. The molecule has 0 aliphatic heterocycles. The first-order chi connectivity index (χ1) is 9.43. The summed E-state index contributed by atoms with van der Waals surface area (Å²) in [5.74, 6) is -0.455. The van der Waals surface area contributed by atoms with Crippen LogP contribution in [0.4, 0.5) is 0 Å². The molecule has 1 rings (SSSR count). The van der Waals surface area contributed by atoms with E-state index in [0.29, 0.717) is 0 Å². The Hall–Kier alpha value is -1.91. The molecule has 1 aromatic carbocycles. The maximum atomic E-state index is 12.3. The molecule has 0 saturated heterocycles. The van der Waals surface area contributed by atoms with Crippen LogP contribution in [0.5, 0.6) is 0 Å². The van der Waals surface area contributed by atoms with Crippen LogP contribution in [0.1, 0.15) is 18.9 Å². The number of ether oxygens (including phenoxy) is 1. The third kappa shape index (κ3) is 3.79. The second-order valence-electron chi connectivity index (χ2n) is 3.99. The van der Waals surface area contributed by atoms with Crippen molar-refractivity contribution in [2.45, 2.75) is 18.2 Å². The molecular weight excluding hydrogens is 280 g/mol. The van der Waals surface area contributed by atoms with E-state index >= 15 is 0 Å². The predicted octanol–water partition coefficient (Wildman–Crippen LogP) is 1.13. The number of sulfonamides is 1. The summed E-state index contributed by atoms with van der Waals surface area (Å²) in [4.78, 5) is 11.2. The van der Waals surface area contributed by atoms with Crippen molar-refractivity contribution in [2.75, 3.05) is 20.2 Å². The summed E-state index contributed by atoms with van der Waals surface area (Å²) in [6.07, 6.45) is -0.0295. The molecule has 0 radical (unpaired) electrons. The Morgan fingerprint density at radius 3 is 2.65 bits per heavy atom. The Bertz CT molecular complexity index is 620. The molecular formula is C13H16N2O4S. The highest BCUT2D eigenvalue weighted by Crippen LogP contribution is 2.18. The van der Waals surface area contributed by atoms with E-state index < -0.39 is 16.0 Å². The van der Waals surface area contributed by atoms with E-state index in [-0.39, 0.29) is 30.0 Å². The maximum absolute atomic E-state index is 12.3. The van der Waals surface area contributed by atoms with Crippen molar-refractivity contribution in [3.8, 4) is 6.07 Å². The van der Waals surface area contributed by atoms with E-state index in [1.807, 2.05) is 6.07 Å². The van der Waals surface area contributed by atoms with Gasteiger partial charge in [-0.05, 0) is 19.1 Å². The van der Waals surface area contributed by atoms with Crippen LogP contribution in [0.2, 0.25) is 0 Å². The van der Waals surface area contributed by atoms with Crippen LogP contribution in [0, 0.1) is 11.3 Å². The topological polar surface area (TPSA) is 87.5 Å². The zero-order valence-corrected chi connectivity index (χ0v) is 12.2. The third-order valence-electron chi connectivity index (χ3n) is 2.63. The fourth-order valence-corrected chi connectivity index (χ4v) is 2.86. The van der Waals surface area contributed by atoms with Crippen LogP contribution in [0.3, 0.4) is 0 Å². The first kappa shape index (κ1) is 16.1. The maximum Gasteiger partial charge on any atom is 0.307 e. The van der Waals surface area contributed by atoms with Crippen molar-refractivity contribution < 1.29 is 17.9 Å². The van der Waals surface area contributed by atoms with Crippen molar-refractivity contribution in [3.05, 3.63) is 29.8 Å². The molecule has 0 fully saturated rings. The SMILES string of the molecule is CCOC(=O)CCN(C)S(=O)(=O)c1ccccc1C#N. The molecule has 0 aliphatic rings. The minimum absolute atomic E-state index is 0.000922. The summed E-state index contributed by atoms with van der Waals surface area (Å²) in [6, 6.07) is 7.79. The number of rotatable bonds is 6. The van der Waals surface area contributed by atoms with E-state index in [4.69, 9.17) is 10.00 Å². The molecule has 0 spiro atoms. The highest BCUT2D eigenvalue weighted by molar-refractivity contribution is 7.89. The first-order valence-electron chi connectivity index (χ1n) is 6.04. The van der Waals surface area contributed by atoms with E-state index in [1.54, 1.807) is 19.1 Å². The quantitative estimate of drug-likeness (QED) is 0.734. The van der Waals surface area contributed by atoms with Gasteiger partial charge in [0, 0.05) is 13.6 Å². The standard InChI is InChI=1S/C13H16N2O4S/c1-3-19-13(16)8-9-15(2)20(17,18)12-7-5-4-6-11(12)10-14/h4-7H,3,8-9H2,1-2H3. The van der Waals surface area contributed by atoms with Gasteiger partial charge < -0.3 is 4.74 Å². The zero-order chi connectivity index (χ0) is 15.2. The number of hydrogen-bond donors (Lipinski definition) is 0. The van der Waals surface area contributed by atoms with Crippen LogP contribution in [-0.2, 0) is 19.6 Å². The van der Waals surface area contributed by atoms with Crippen molar-refractivity contribution in [2.24, 2.45) is 0 Å². The van der Waals surface area contributed by atoms with Gasteiger partial charge in [-0.1, -0.05) is 12.1 Å². The van der Waals surface area contributed by atoms with Crippen molar-refractivity contribution >= 4 is 16.0 Å². The molecule has 0 unspecified atom stereocenters. The summed E-state index contributed by atoms with van der Waals surface area (Å²) < 4.78 is 30.4. The van der Waals surface area contributed by atoms with Gasteiger partial charge in [0.15, 0.2) is 0 Å². The van der Waals surface area contributed by atoms with Gasteiger partial charge in [-0.3, -0.25) is 4.79 Å². The number of nitriles is 1. The molecule has 0 N–H and O–H groups in total. The lowest BCUT2D eigenvalue weighted by Crippen LogP contribution is -2.30. The van der Waals surface area contributed by atoms with Crippen molar-refractivity contribution in [3.63, 3.8) is 0 Å². The largest absolute Gasteiger partial charge is 0.466 e. The Labute approximate surface area is 118 Å². The Balaban J connectivity index is 2.88. The number of esters is 1. The van der Waals surface area contributed by atoms with Crippen LogP contribution < -0.4 is 0 Å². The lowest BCUT2D eigenvalue weighted by atomic mass is 10.2. The van der Waals surface area contributed by atoms with Crippen molar-refractivity contribution in [1.29, 1.82) is 5.26 Å². The van der Waals surface area contributed by atoms with Crippen LogP contribution in [0.25, 0.3) is 0 Å².